The Morgan fingerprint density at radius 3 is 2.20 bits per heavy atom. The van der Waals surface area contributed by atoms with Crippen molar-refractivity contribution in [3.8, 4) is 0 Å². The van der Waals surface area contributed by atoms with Crippen LogP contribution in [0.2, 0.25) is 0 Å². The van der Waals surface area contributed by atoms with Gasteiger partial charge in [-0.15, -0.1) is 0 Å². The maximum Gasteiger partial charge on any atom is 0.416 e. The topological polar surface area (TPSA) is 35.2 Å². The Labute approximate surface area is 54.9 Å². The molecule has 2 nitrogen and oxygen atoms in total. The Morgan fingerprint density at radius 1 is 1.40 bits per heavy atom. The van der Waals surface area contributed by atoms with Crippen LogP contribution in [-0.2, 0) is 4.74 Å². The maximum atomic E-state index is 11.7. The van der Waals surface area contributed by atoms with Gasteiger partial charge in [-0.1, -0.05) is 0 Å². The minimum Gasteiger partial charge on any atom is -0.328 e. The molecule has 0 bridgehead atoms. The zero-order chi connectivity index (χ0) is 8.20. The van der Waals surface area contributed by atoms with Gasteiger partial charge in [0.1, 0.15) is 0 Å². The zero-order valence-electron chi connectivity index (χ0n) is 4.99. The predicted octanol–water partition coefficient (Wildman–Crippen LogP) is 0.820. The SMILES string of the molecule is NCCOC(F)(F)C(F)F. The molecule has 0 unspecified atom stereocenters. The van der Waals surface area contributed by atoms with Crippen LogP contribution in [0.5, 0.6) is 0 Å². The smallest absolute Gasteiger partial charge is 0.328 e. The van der Waals surface area contributed by atoms with Crippen molar-refractivity contribution in [2.45, 2.75) is 12.5 Å². The van der Waals surface area contributed by atoms with Crippen molar-refractivity contribution in [3.05, 3.63) is 0 Å². The lowest BCUT2D eigenvalue weighted by Gasteiger charge is -2.14. The third-order valence-corrected chi connectivity index (χ3v) is 0.666. The summed E-state index contributed by atoms with van der Waals surface area (Å²) in [5, 5.41) is 0. The summed E-state index contributed by atoms with van der Waals surface area (Å²) in [5.41, 5.74) is 4.73. The molecule has 0 saturated heterocycles. The van der Waals surface area contributed by atoms with Crippen LogP contribution in [0.25, 0.3) is 0 Å². The van der Waals surface area contributed by atoms with Crippen LogP contribution < -0.4 is 5.73 Å². The monoisotopic (exact) mass is 161 g/mol. The van der Waals surface area contributed by atoms with Gasteiger partial charge in [-0.2, -0.15) is 8.78 Å². The molecule has 2 N–H and O–H groups in total. The molecule has 0 atom stereocenters. The van der Waals surface area contributed by atoms with Gasteiger partial charge in [-0.25, -0.2) is 8.78 Å². The number of nitrogens with two attached hydrogens (primary N) is 1. The Morgan fingerprint density at radius 2 is 1.90 bits per heavy atom. The highest BCUT2D eigenvalue weighted by Crippen LogP contribution is 2.23. The van der Waals surface area contributed by atoms with Gasteiger partial charge < -0.3 is 10.5 Å². The fourth-order valence-corrected chi connectivity index (χ4v) is 0.258. The first-order valence-electron chi connectivity index (χ1n) is 2.50. The maximum absolute atomic E-state index is 11.7. The molecule has 0 aliphatic rings. The Hall–Kier alpha value is -0.360. The third kappa shape index (κ3) is 2.98. The minimum absolute atomic E-state index is 0.206. The fourth-order valence-electron chi connectivity index (χ4n) is 0.258. The molecule has 0 spiro atoms. The van der Waals surface area contributed by atoms with Gasteiger partial charge >= 0.3 is 12.5 Å². The van der Waals surface area contributed by atoms with Gasteiger partial charge in [0.2, 0.25) is 0 Å². The van der Waals surface area contributed by atoms with Gasteiger partial charge in [0.25, 0.3) is 0 Å². The summed E-state index contributed by atoms with van der Waals surface area (Å²) in [5.74, 6) is 0. The average molecular weight is 161 g/mol. The van der Waals surface area contributed by atoms with Crippen LogP contribution in [0.4, 0.5) is 17.6 Å². The van der Waals surface area contributed by atoms with Crippen LogP contribution in [0, 0.1) is 0 Å². The van der Waals surface area contributed by atoms with E-state index in [4.69, 9.17) is 5.73 Å². The van der Waals surface area contributed by atoms with Crippen LogP contribution in [0.3, 0.4) is 0 Å². The normalized spacial score (nSPS) is 12.6. The summed E-state index contributed by atoms with van der Waals surface area (Å²) in [6.45, 7) is -0.778. The highest BCUT2D eigenvalue weighted by atomic mass is 19.3. The van der Waals surface area contributed by atoms with Crippen molar-refractivity contribution in [2.24, 2.45) is 5.73 Å². The molecule has 0 rings (SSSR count). The largest absolute Gasteiger partial charge is 0.416 e. The van der Waals surface area contributed by atoms with Crippen molar-refractivity contribution >= 4 is 0 Å². The van der Waals surface area contributed by atoms with Crippen LogP contribution >= 0.6 is 0 Å². The molecule has 0 amide bonds. The van der Waals surface area contributed by atoms with Gasteiger partial charge in [-0.05, 0) is 0 Å². The third-order valence-electron chi connectivity index (χ3n) is 0.666. The molecule has 6 heteroatoms. The van der Waals surface area contributed by atoms with E-state index in [0.717, 1.165) is 0 Å². The number of halogens is 4. The molecule has 62 valence electrons. The van der Waals surface area contributed by atoms with E-state index in [1.807, 2.05) is 0 Å². The van der Waals surface area contributed by atoms with E-state index in [9.17, 15) is 17.6 Å². The van der Waals surface area contributed by atoms with Gasteiger partial charge in [-0.3, -0.25) is 0 Å². The number of rotatable bonds is 4. The molecule has 0 aromatic carbocycles. The zero-order valence-corrected chi connectivity index (χ0v) is 4.99. The van der Waals surface area contributed by atoms with Crippen LogP contribution in [-0.4, -0.2) is 25.7 Å². The lowest BCUT2D eigenvalue weighted by molar-refractivity contribution is -0.299. The Bertz CT molecular complexity index is 97.3. The first kappa shape index (κ1) is 9.64. The summed E-state index contributed by atoms with van der Waals surface area (Å²) in [6.07, 6.45) is -8.15. The number of alkyl halides is 4. The Kier molecular flexibility index (Phi) is 3.59. The second kappa shape index (κ2) is 3.72. The summed E-state index contributed by atoms with van der Waals surface area (Å²) in [6, 6.07) is 0. The van der Waals surface area contributed by atoms with Crippen molar-refractivity contribution < 1.29 is 22.3 Å². The molecule has 0 aromatic rings. The highest BCUT2D eigenvalue weighted by molar-refractivity contribution is 4.54. The van der Waals surface area contributed by atoms with E-state index in [0.29, 0.717) is 0 Å². The van der Waals surface area contributed by atoms with E-state index in [1.165, 1.54) is 0 Å². The second-order valence-electron chi connectivity index (χ2n) is 1.50. The van der Waals surface area contributed by atoms with E-state index >= 15 is 0 Å². The lowest BCUT2D eigenvalue weighted by Crippen LogP contribution is -2.32. The standard InChI is InChI=1S/C4H7F4NO/c5-3(6)4(7,8)10-2-1-9/h3H,1-2,9H2. The molecule has 10 heavy (non-hydrogen) atoms. The summed E-state index contributed by atoms with van der Waals surface area (Å²) in [7, 11) is 0. The first-order chi connectivity index (χ1) is 4.50. The average Bonchev–Trinajstić information content (AvgIpc) is 1.84. The molecular weight excluding hydrogens is 154 g/mol. The van der Waals surface area contributed by atoms with E-state index in [2.05, 4.69) is 4.74 Å². The first-order valence-corrected chi connectivity index (χ1v) is 2.50. The Balaban J connectivity index is 3.63. The summed E-state index contributed by atoms with van der Waals surface area (Å²) >= 11 is 0. The van der Waals surface area contributed by atoms with Gasteiger partial charge in [0, 0.05) is 6.54 Å². The van der Waals surface area contributed by atoms with Crippen molar-refractivity contribution in [1.82, 2.24) is 0 Å². The molecule has 0 aliphatic heterocycles. The molecule has 0 aliphatic carbocycles. The van der Waals surface area contributed by atoms with E-state index in [-0.39, 0.29) is 6.54 Å². The fraction of sp³-hybridized carbons (Fsp3) is 1.00. The molecule has 0 heterocycles. The van der Waals surface area contributed by atoms with Crippen molar-refractivity contribution in [3.63, 3.8) is 0 Å². The van der Waals surface area contributed by atoms with Crippen LogP contribution in [0.1, 0.15) is 0 Å². The molecular formula is C4H7F4NO. The summed E-state index contributed by atoms with van der Waals surface area (Å²) < 4.78 is 49.3. The van der Waals surface area contributed by atoms with Crippen molar-refractivity contribution in [1.29, 1.82) is 0 Å². The van der Waals surface area contributed by atoms with Crippen LogP contribution in [0.15, 0.2) is 0 Å². The number of hydrogen-bond acceptors (Lipinski definition) is 2. The van der Waals surface area contributed by atoms with Gasteiger partial charge in [0.15, 0.2) is 0 Å². The number of hydrogen-bond donors (Lipinski definition) is 1. The number of ether oxygens (including phenoxy) is 1. The van der Waals surface area contributed by atoms with Crippen molar-refractivity contribution in [2.75, 3.05) is 13.2 Å². The molecule has 0 radical (unpaired) electrons. The quantitative estimate of drug-likeness (QED) is 0.619. The molecule has 0 fully saturated rings. The lowest BCUT2D eigenvalue weighted by atomic mass is 10.6. The predicted molar refractivity (Wildman–Crippen MR) is 26.0 cm³/mol. The van der Waals surface area contributed by atoms with Gasteiger partial charge in [0.05, 0.1) is 6.61 Å². The van der Waals surface area contributed by atoms with E-state index < -0.39 is 19.1 Å². The minimum atomic E-state index is -4.36. The van der Waals surface area contributed by atoms with E-state index in [1.54, 1.807) is 0 Å². The molecule has 0 saturated carbocycles. The second-order valence-corrected chi connectivity index (χ2v) is 1.50. The highest BCUT2D eigenvalue weighted by Gasteiger charge is 2.41. The molecule has 0 aromatic heterocycles. The summed E-state index contributed by atoms with van der Waals surface area (Å²) in [4.78, 5) is 0.